The second-order valence-electron chi connectivity index (χ2n) is 3.37. The Labute approximate surface area is 70.8 Å². The van der Waals surface area contributed by atoms with Gasteiger partial charge in [0.1, 0.15) is 0 Å². The lowest BCUT2D eigenvalue weighted by molar-refractivity contribution is 1.31. The summed E-state index contributed by atoms with van der Waals surface area (Å²) in [5, 5.41) is 11.6. The van der Waals surface area contributed by atoms with Crippen molar-refractivity contribution >= 4 is 9.16 Å². The van der Waals surface area contributed by atoms with Crippen LogP contribution in [0.2, 0.25) is 0 Å². The fourth-order valence-electron chi connectivity index (χ4n) is 0.883. The fourth-order valence-corrected chi connectivity index (χ4v) is 2.65. The first kappa shape index (κ1) is 13.4. The first-order chi connectivity index (χ1) is 4.54. The molecule has 2 nitrogen and oxygen atoms in total. The summed E-state index contributed by atoms with van der Waals surface area (Å²) in [4.78, 5) is 0. The second kappa shape index (κ2) is 3.99. The Morgan fingerprint density at radius 3 is 1.36 bits per heavy atom. The third kappa shape index (κ3) is 2.39. The topological polar surface area (TPSA) is 58.8 Å². The zero-order valence-corrected chi connectivity index (χ0v) is 9.12. The number of hydrogen-bond donors (Lipinski definition) is 2. The monoisotopic (exact) mass is 178 g/mol. The van der Waals surface area contributed by atoms with E-state index in [-0.39, 0.29) is 6.15 Å². The van der Waals surface area contributed by atoms with E-state index >= 15 is 0 Å². The summed E-state index contributed by atoms with van der Waals surface area (Å²) in [6, 6.07) is 0. The molecule has 70 valence electrons. The minimum absolute atomic E-state index is 0. The van der Waals surface area contributed by atoms with E-state index in [2.05, 4.69) is 32.4 Å². The first-order valence-electron chi connectivity index (χ1n) is 3.96. The summed E-state index contributed by atoms with van der Waals surface area (Å²) in [5.41, 5.74) is 0. The number of hydrogen-bond acceptors (Lipinski definition) is 2. The number of thiol groups is 1. The first-order valence-corrected chi connectivity index (χ1v) is 7.20. The molecule has 0 saturated heterocycles. The Morgan fingerprint density at radius 2 is 1.36 bits per heavy atom. The van der Waals surface area contributed by atoms with Crippen molar-refractivity contribution in [3.8, 4) is 5.40 Å². The van der Waals surface area contributed by atoms with Crippen LogP contribution in [0.5, 0.6) is 0 Å². The van der Waals surface area contributed by atoms with E-state index in [1.54, 1.807) is 0 Å². The molecule has 0 atom stereocenters. The second-order valence-corrected chi connectivity index (χ2v) is 10.1. The van der Waals surface area contributed by atoms with Gasteiger partial charge in [0.05, 0.1) is 5.40 Å². The lowest BCUT2D eigenvalue weighted by atomic mass is 10.9. The fraction of sp³-hybridized carbons (Fsp3) is 0.875. The molecule has 0 aliphatic heterocycles. The molecular weight excluding hydrogens is 156 g/mol. The van der Waals surface area contributed by atoms with Crippen LogP contribution in [-0.4, -0.2) is 23.5 Å². The minimum Gasteiger partial charge on any atom is -0.344 e. The highest BCUT2D eigenvalue weighted by molar-refractivity contribution is 8.52. The average molecular weight is 178 g/mol. The minimum atomic E-state index is -1.85. The van der Waals surface area contributed by atoms with Gasteiger partial charge in [0.25, 0.3) is 0 Å². The maximum atomic E-state index is 9.04. The Balaban J connectivity index is 0. The van der Waals surface area contributed by atoms with E-state index in [0.717, 1.165) is 17.3 Å². The van der Waals surface area contributed by atoms with E-state index in [1.165, 1.54) is 0 Å². The van der Waals surface area contributed by atoms with Gasteiger partial charge < -0.3 is 6.15 Å². The summed E-state index contributed by atoms with van der Waals surface area (Å²) < 4.78 is 0. The lowest BCUT2D eigenvalue weighted by Crippen LogP contribution is -2.22. The molecule has 0 aromatic rings. The summed E-state index contributed by atoms with van der Waals surface area (Å²) in [5.74, 6) is 3.24. The highest BCUT2D eigenvalue weighted by atomic mass is 32.3. The maximum Gasteiger partial charge on any atom is 0.0959 e. The molecule has 3 heteroatoms. The van der Waals surface area contributed by atoms with Crippen LogP contribution in [0, 0.1) is 10.7 Å². The molecule has 0 saturated carbocycles. The van der Waals surface area contributed by atoms with Crippen molar-refractivity contribution in [3.05, 3.63) is 0 Å². The summed E-state index contributed by atoms with van der Waals surface area (Å²) >= 11 is 0. The molecule has 0 radical (unpaired) electrons. The van der Waals surface area contributed by atoms with Gasteiger partial charge in [-0.25, -0.2) is 9.16 Å². The Kier molecular flexibility index (Phi) is 4.85. The zero-order valence-electron chi connectivity index (χ0n) is 8.22. The maximum absolute atomic E-state index is 9.04. The molecule has 0 aromatic carbocycles. The average Bonchev–Trinajstić information content (AvgIpc) is 2.04. The van der Waals surface area contributed by atoms with Crippen LogP contribution >= 0.6 is 9.16 Å². The Bertz CT molecular complexity index is 145. The van der Waals surface area contributed by atoms with Crippen LogP contribution in [0.1, 0.15) is 20.8 Å². The highest BCUT2D eigenvalue weighted by Gasteiger charge is 2.29. The zero-order chi connectivity index (χ0) is 8.28. The van der Waals surface area contributed by atoms with Crippen LogP contribution in [0.15, 0.2) is 0 Å². The predicted octanol–water partition coefficient (Wildman–Crippen LogP) is 2.39. The lowest BCUT2D eigenvalue weighted by Gasteiger charge is -2.49. The molecule has 11 heavy (non-hydrogen) atoms. The largest absolute Gasteiger partial charge is 0.344 e. The number of rotatable bonds is 3. The molecule has 0 amide bonds. The molecule has 3 N–H and O–H groups in total. The smallest absolute Gasteiger partial charge is 0.0959 e. The molecule has 0 aliphatic carbocycles. The van der Waals surface area contributed by atoms with Crippen molar-refractivity contribution in [2.75, 3.05) is 23.5 Å². The van der Waals surface area contributed by atoms with Crippen molar-refractivity contribution < 1.29 is 0 Å². The number of nitriles is 1. The molecule has 0 aromatic heterocycles. The highest BCUT2D eigenvalue weighted by Crippen LogP contribution is 2.64. The van der Waals surface area contributed by atoms with Crippen LogP contribution in [-0.2, 0) is 0 Å². The van der Waals surface area contributed by atoms with E-state index in [0.29, 0.717) is 0 Å². The van der Waals surface area contributed by atoms with E-state index < -0.39 is 9.16 Å². The molecule has 0 rings (SSSR count). The van der Waals surface area contributed by atoms with Gasteiger partial charge in [-0.15, -0.1) is 0 Å². The number of nitrogens with zero attached hydrogens (tertiary/aromatic N) is 1. The van der Waals surface area contributed by atoms with Gasteiger partial charge in [-0.1, -0.05) is 20.8 Å². The Morgan fingerprint density at radius 1 is 1.09 bits per heavy atom. The van der Waals surface area contributed by atoms with E-state index in [1.807, 2.05) is 0 Å². The normalized spacial score (nSPS) is 13.9. The van der Waals surface area contributed by atoms with Crippen molar-refractivity contribution in [1.82, 2.24) is 6.15 Å². The van der Waals surface area contributed by atoms with Crippen molar-refractivity contribution in [2.45, 2.75) is 20.8 Å². The van der Waals surface area contributed by atoms with Gasteiger partial charge in [0.2, 0.25) is 0 Å². The van der Waals surface area contributed by atoms with E-state index in [4.69, 9.17) is 5.26 Å². The third-order valence-corrected chi connectivity index (χ3v) is 9.23. The SMILES string of the molecule is CC[SH](C)(C#N)(CC)CC.N. The van der Waals surface area contributed by atoms with Crippen molar-refractivity contribution in [3.63, 3.8) is 0 Å². The quantitative estimate of drug-likeness (QED) is 0.515. The molecule has 0 aliphatic rings. The molecule has 0 bridgehead atoms. The summed E-state index contributed by atoms with van der Waals surface area (Å²) in [6.45, 7) is 6.44. The third-order valence-electron chi connectivity index (χ3n) is 3.08. The van der Waals surface area contributed by atoms with Crippen molar-refractivity contribution in [2.24, 2.45) is 0 Å². The van der Waals surface area contributed by atoms with E-state index in [9.17, 15) is 0 Å². The Hall–Kier alpha value is -0.200. The van der Waals surface area contributed by atoms with Gasteiger partial charge in [-0.3, -0.25) is 0 Å². The van der Waals surface area contributed by atoms with Gasteiger partial charge in [0.15, 0.2) is 0 Å². The standard InChI is InChI=1S/C8H19NS.H3N/c1-5-10(4,6-2,7-3)8-9;/h10H,5-7H2,1-4H3;1H3. The predicted molar refractivity (Wildman–Crippen MR) is 57.2 cm³/mol. The van der Waals surface area contributed by atoms with Crippen LogP contribution < -0.4 is 6.15 Å². The molecule has 0 fully saturated rings. The van der Waals surface area contributed by atoms with Gasteiger partial charge in [-0.2, -0.15) is 5.26 Å². The van der Waals surface area contributed by atoms with Crippen LogP contribution in [0.25, 0.3) is 0 Å². The van der Waals surface area contributed by atoms with Crippen LogP contribution in [0.3, 0.4) is 0 Å². The van der Waals surface area contributed by atoms with Gasteiger partial charge in [-0.05, 0) is 23.5 Å². The summed E-state index contributed by atoms with van der Waals surface area (Å²) in [6.07, 6.45) is 2.20. The van der Waals surface area contributed by atoms with Gasteiger partial charge >= 0.3 is 0 Å². The molecular formula is C8H22N2S. The van der Waals surface area contributed by atoms with Gasteiger partial charge in [0, 0.05) is 0 Å². The van der Waals surface area contributed by atoms with Crippen molar-refractivity contribution in [1.29, 1.82) is 5.26 Å². The summed E-state index contributed by atoms with van der Waals surface area (Å²) in [7, 11) is -1.85. The molecule has 0 spiro atoms. The van der Waals surface area contributed by atoms with Crippen LogP contribution in [0.4, 0.5) is 0 Å². The molecule has 0 heterocycles. The molecule has 0 unspecified atom stereocenters. The number of thiocyanates is 1.